The fourth-order valence-corrected chi connectivity index (χ4v) is 5.55. The monoisotopic (exact) mass is 431 g/mol. The number of hydrogen-bond acceptors (Lipinski definition) is 7. The third-order valence-electron chi connectivity index (χ3n) is 5.15. The molecule has 0 aliphatic carbocycles. The van der Waals surface area contributed by atoms with Gasteiger partial charge in [0.25, 0.3) is 5.91 Å². The zero-order valence-electron chi connectivity index (χ0n) is 16.3. The van der Waals surface area contributed by atoms with Crippen molar-refractivity contribution < 1.29 is 13.2 Å². The SMILES string of the molecule is Cc1ccc(S(=O)(=O)NC2CN(C(=O)c3sc4nnc(C)c(C)c4c3N)C2)cc1. The summed E-state index contributed by atoms with van der Waals surface area (Å²) in [6, 6.07) is 6.32. The van der Waals surface area contributed by atoms with Gasteiger partial charge in [-0.1, -0.05) is 17.7 Å². The number of nitrogens with one attached hydrogen (secondary N) is 1. The smallest absolute Gasteiger partial charge is 0.266 e. The van der Waals surface area contributed by atoms with Gasteiger partial charge in [0, 0.05) is 18.5 Å². The molecule has 29 heavy (non-hydrogen) atoms. The summed E-state index contributed by atoms with van der Waals surface area (Å²) < 4.78 is 27.6. The van der Waals surface area contributed by atoms with Crippen LogP contribution in [0.1, 0.15) is 26.5 Å². The number of carbonyl (C=O) groups is 1. The van der Waals surface area contributed by atoms with Crippen molar-refractivity contribution in [1.82, 2.24) is 19.8 Å². The van der Waals surface area contributed by atoms with E-state index in [1.54, 1.807) is 29.2 Å². The van der Waals surface area contributed by atoms with Crippen LogP contribution in [0.4, 0.5) is 5.69 Å². The van der Waals surface area contributed by atoms with E-state index in [-0.39, 0.29) is 16.8 Å². The standard InChI is InChI=1S/C19H21N5O3S2/c1-10-4-6-14(7-5-10)29(26,27)23-13-8-24(9-13)19(25)17-16(20)15-11(2)12(3)21-22-18(15)28-17/h4-7,13,23H,8-9,20H2,1-3H3. The Hall–Kier alpha value is -2.56. The number of anilines is 1. The first-order valence-corrected chi connectivity index (χ1v) is 11.4. The Bertz CT molecular complexity index is 1210. The van der Waals surface area contributed by atoms with Crippen LogP contribution in [0.2, 0.25) is 0 Å². The molecule has 4 rings (SSSR count). The van der Waals surface area contributed by atoms with Crippen LogP contribution in [0.15, 0.2) is 29.2 Å². The first-order valence-electron chi connectivity index (χ1n) is 9.07. The molecule has 1 aliphatic rings. The zero-order valence-corrected chi connectivity index (χ0v) is 17.9. The van der Waals surface area contributed by atoms with Gasteiger partial charge in [-0.25, -0.2) is 13.1 Å². The highest BCUT2D eigenvalue weighted by Gasteiger charge is 2.36. The van der Waals surface area contributed by atoms with Gasteiger partial charge >= 0.3 is 0 Å². The molecule has 8 nitrogen and oxygen atoms in total. The summed E-state index contributed by atoms with van der Waals surface area (Å²) in [5.74, 6) is -0.215. The van der Waals surface area contributed by atoms with E-state index in [9.17, 15) is 13.2 Å². The summed E-state index contributed by atoms with van der Waals surface area (Å²) in [6.07, 6.45) is 0. The molecule has 152 valence electrons. The number of rotatable bonds is 4. The number of nitrogens with zero attached hydrogens (tertiary/aromatic N) is 3. The third-order valence-corrected chi connectivity index (χ3v) is 7.77. The molecular formula is C19H21N5O3S2. The zero-order chi connectivity index (χ0) is 20.9. The average Bonchev–Trinajstić information content (AvgIpc) is 2.98. The highest BCUT2D eigenvalue weighted by atomic mass is 32.2. The van der Waals surface area contributed by atoms with E-state index >= 15 is 0 Å². The number of fused-ring (bicyclic) bond motifs is 1. The van der Waals surface area contributed by atoms with Gasteiger partial charge in [-0.3, -0.25) is 4.79 Å². The number of carbonyl (C=O) groups excluding carboxylic acids is 1. The molecule has 1 saturated heterocycles. The van der Waals surface area contributed by atoms with Crippen molar-refractivity contribution in [2.24, 2.45) is 0 Å². The maximum absolute atomic E-state index is 12.9. The van der Waals surface area contributed by atoms with Crippen LogP contribution >= 0.6 is 11.3 Å². The van der Waals surface area contributed by atoms with E-state index in [2.05, 4.69) is 14.9 Å². The number of sulfonamides is 1. The highest BCUT2D eigenvalue weighted by Crippen LogP contribution is 2.36. The summed E-state index contributed by atoms with van der Waals surface area (Å²) in [6.45, 7) is 6.24. The third kappa shape index (κ3) is 3.47. The number of likely N-dealkylation sites (tertiary alicyclic amines) is 1. The Balaban J connectivity index is 1.47. The normalized spacial score (nSPS) is 14.9. The quantitative estimate of drug-likeness (QED) is 0.652. The lowest BCUT2D eigenvalue weighted by atomic mass is 10.1. The first kappa shape index (κ1) is 19.7. The molecule has 3 aromatic rings. The topological polar surface area (TPSA) is 118 Å². The number of aryl methyl sites for hydroxylation is 3. The molecular weight excluding hydrogens is 410 g/mol. The second-order valence-electron chi connectivity index (χ2n) is 7.28. The molecule has 0 radical (unpaired) electrons. The molecule has 2 aromatic heterocycles. The lowest BCUT2D eigenvalue weighted by molar-refractivity contribution is 0.0598. The first-order chi connectivity index (χ1) is 13.7. The van der Waals surface area contributed by atoms with Gasteiger partial charge in [0.05, 0.1) is 22.3 Å². The number of amides is 1. The lowest BCUT2D eigenvalue weighted by Crippen LogP contribution is -2.60. The second kappa shape index (κ2) is 7.05. The number of hydrogen-bond donors (Lipinski definition) is 2. The number of nitrogen functional groups attached to an aromatic ring is 1. The van der Waals surface area contributed by atoms with Crippen LogP contribution in [0.3, 0.4) is 0 Å². The molecule has 3 heterocycles. The van der Waals surface area contributed by atoms with Gasteiger partial charge in [-0.05, 0) is 38.5 Å². The van der Waals surface area contributed by atoms with Crippen molar-refractivity contribution in [2.75, 3.05) is 18.8 Å². The molecule has 0 bridgehead atoms. The van der Waals surface area contributed by atoms with Gasteiger partial charge in [-0.2, -0.15) is 5.10 Å². The van der Waals surface area contributed by atoms with E-state index in [1.807, 2.05) is 20.8 Å². The molecule has 1 aromatic carbocycles. The van der Waals surface area contributed by atoms with Crippen LogP contribution in [0.5, 0.6) is 0 Å². The molecule has 0 saturated carbocycles. The minimum absolute atomic E-state index is 0.214. The molecule has 0 unspecified atom stereocenters. The van der Waals surface area contributed by atoms with Crippen molar-refractivity contribution in [3.63, 3.8) is 0 Å². The summed E-state index contributed by atoms with van der Waals surface area (Å²) in [7, 11) is -3.62. The van der Waals surface area contributed by atoms with E-state index in [4.69, 9.17) is 5.73 Å². The van der Waals surface area contributed by atoms with Crippen molar-refractivity contribution in [1.29, 1.82) is 0 Å². The Morgan fingerprint density at radius 1 is 1.17 bits per heavy atom. The number of thiophene rings is 1. The number of nitrogens with two attached hydrogens (primary N) is 1. The number of benzene rings is 1. The summed E-state index contributed by atoms with van der Waals surface area (Å²) in [5, 5.41) is 8.99. The van der Waals surface area contributed by atoms with Gasteiger partial charge in [0.15, 0.2) is 0 Å². The van der Waals surface area contributed by atoms with Crippen LogP contribution in [-0.2, 0) is 10.0 Å². The summed E-state index contributed by atoms with van der Waals surface area (Å²) >= 11 is 1.22. The van der Waals surface area contributed by atoms with Gasteiger partial charge in [-0.15, -0.1) is 16.4 Å². The Morgan fingerprint density at radius 2 is 1.83 bits per heavy atom. The van der Waals surface area contributed by atoms with Crippen molar-refractivity contribution >= 4 is 43.2 Å². The maximum Gasteiger partial charge on any atom is 0.266 e. The molecule has 0 atom stereocenters. The van der Waals surface area contributed by atoms with E-state index in [0.717, 1.165) is 22.2 Å². The van der Waals surface area contributed by atoms with Crippen molar-refractivity contribution in [3.8, 4) is 0 Å². The van der Waals surface area contributed by atoms with Crippen LogP contribution < -0.4 is 10.5 Å². The highest BCUT2D eigenvalue weighted by molar-refractivity contribution is 7.89. The minimum atomic E-state index is -3.62. The fourth-order valence-electron chi connectivity index (χ4n) is 3.27. The predicted octanol–water partition coefficient (Wildman–Crippen LogP) is 2.00. The molecule has 1 aliphatic heterocycles. The largest absolute Gasteiger partial charge is 0.397 e. The molecule has 10 heteroatoms. The van der Waals surface area contributed by atoms with Crippen LogP contribution in [0, 0.1) is 20.8 Å². The molecule has 3 N–H and O–H groups in total. The molecule has 1 fully saturated rings. The van der Waals surface area contributed by atoms with Crippen LogP contribution in [0.25, 0.3) is 10.2 Å². The van der Waals surface area contributed by atoms with Gasteiger partial charge < -0.3 is 10.6 Å². The lowest BCUT2D eigenvalue weighted by Gasteiger charge is -2.39. The van der Waals surface area contributed by atoms with Crippen molar-refractivity contribution in [2.45, 2.75) is 31.7 Å². The number of aromatic nitrogens is 2. The van der Waals surface area contributed by atoms with E-state index < -0.39 is 10.0 Å². The van der Waals surface area contributed by atoms with E-state index in [1.165, 1.54) is 11.3 Å². The average molecular weight is 432 g/mol. The maximum atomic E-state index is 12.9. The predicted molar refractivity (Wildman–Crippen MR) is 112 cm³/mol. The summed E-state index contributed by atoms with van der Waals surface area (Å²) in [5.41, 5.74) is 9.32. The van der Waals surface area contributed by atoms with Gasteiger partial charge in [0.2, 0.25) is 10.0 Å². The van der Waals surface area contributed by atoms with Crippen molar-refractivity contribution in [3.05, 3.63) is 46.0 Å². The Labute approximate surface area is 172 Å². The molecule has 1 amide bonds. The Morgan fingerprint density at radius 3 is 2.48 bits per heavy atom. The Kier molecular flexibility index (Phi) is 4.80. The fraction of sp³-hybridized carbons (Fsp3) is 0.316. The van der Waals surface area contributed by atoms with E-state index in [0.29, 0.717) is 28.5 Å². The van der Waals surface area contributed by atoms with Gasteiger partial charge in [0.1, 0.15) is 9.71 Å². The minimum Gasteiger partial charge on any atom is -0.397 e. The summed E-state index contributed by atoms with van der Waals surface area (Å²) in [4.78, 5) is 15.7. The second-order valence-corrected chi connectivity index (χ2v) is 9.99. The molecule has 0 spiro atoms. The van der Waals surface area contributed by atoms with Crippen LogP contribution in [-0.4, -0.2) is 48.6 Å².